The van der Waals surface area contributed by atoms with E-state index >= 15 is 0 Å². The van der Waals surface area contributed by atoms with Gasteiger partial charge in [-0.2, -0.15) is 5.10 Å². The van der Waals surface area contributed by atoms with Gasteiger partial charge >= 0.3 is 6.03 Å². The number of amides is 2. The topological polar surface area (TPSA) is 96.3 Å². The largest absolute Gasteiger partial charge is 0.337 e. The lowest BCUT2D eigenvalue weighted by Crippen LogP contribution is -2.38. The highest BCUT2D eigenvalue weighted by Gasteiger charge is 2.28. The maximum absolute atomic E-state index is 12.7. The van der Waals surface area contributed by atoms with Crippen molar-refractivity contribution >= 4 is 27.6 Å². The van der Waals surface area contributed by atoms with Crippen LogP contribution in [0, 0.1) is 0 Å². The van der Waals surface area contributed by atoms with E-state index < -0.39 is 16.1 Å². The lowest BCUT2D eigenvalue weighted by molar-refractivity contribution is 0.252. The number of rotatable bonds is 7. The van der Waals surface area contributed by atoms with E-state index in [9.17, 15) is 13.2 Å². The third-order valence-corrected chi connectivity index (χ3v) is 6.67. The first-order valence-electron chi connectivity index (χ1n) is 9.72. The van der Waals surface area contributed by atoms with Crippen molar-refractivity contribution in [3.8, 4) is 0 Å². The number of hydrogen-bond donors (Lipinski definition) is 2. The highest BCUT2D eigenvalue weighted by Crippen LogP contribution is 2.29. The fourth-order valence-electron chi connectivity index (χ4n) is 3.45. The normalized spacial score (nSPS) is 13.1. The summed E-state index contributed by atoms with van der Waals surface area (Å²) in [5.41, 5.74) is 2.86. The summed E-state index contributed by atoms with van der Waals surface area (Å²) in [6.45, 7) is 1.05. The number of benzene rings is 2. The summed E-state index contributed by atoms with van der Waals surface area (Å²) in [4.78, 5) is 12.1. The first-order valence-corrected chi connectivity index (χ1v) is 11.3. The maximum Gasteiger partial charge on any atom is 0.320 e. The molecule has 1 aromatic heterocycles. The van der Waals surface area contributed by atoms with Crippen molar-refractivity contribution in [2.24, 2.45) is 0 Å². The fraction of sp³-hybridized carbons (Fsp3) is 0.238. The van der Waals surface area contributed by atoms with Crippen LogP contribution in [0.1, 0.15) is 11.1 Å². The minimum atomic E-state index is -3.50. The van der Waals surface area contributed by atoms with Gasteiger partial charge in [0.25, 0.3) is 0 Å². The van der Waals surface area contributed by atoms with Gasteiger partial charge in [0, 0.05) is 25.4 Å². The number of para-hydroxylation sites is 1. The molecule has 0 fully saturated rings. The average molecular weight is 426 g/mol. The van der Waals surface area contributed by atoms with E-state index in [2.05, 4.69) is 15.7 Å². The Hall–Kier alpha value is -3.33. The third kappa shape index (κ3) is 4.62. The number of sulfonamides is 1. The molecule has 0 saturated heterocycles. The van der Waals surface area contributed by atoms with E-state index in [4.69, 9.17) is 0 Å². The second kappa shape index (κ2) is 8.58. The first-order chi connectivity index (χ1) is 14.5. The molecule has 1 aliphatic heterocycles. The highest BCUT2D eigenvalue weighted by molar-refractivity contribution is 7.92. The Morgan fingerprint density at radius 1 is 1.03 bits per heavy atom. The first kappa shape index (κ1) is 20.0. The molecule has 0 aliphatic carbocycles. The maximum atomic E-state index is 12.7. The molecule has 8 nitrogen and oxygen atoms in total. The van der Waals surface area contributed by atoms with Gasteiger partial charge in [-0.1, -0.05) is 48.5 Å². The third-order valence-electron chi connectivity index (χ3n) is 4.90. The number of carbonyl (C=O) groups excluding carboxylic acids is 1. The monoisotopic (exact) mass is 425 g/mol. The molecule has 0 saturated carbocycles. The van der Waals surface area contributed by atoms with E-state index in [1.807, 2.05) is 54.6 Å². The minimum absolute atomic E-state index is 0.0115. The molecular formula is C21H23N5O3S. The summed E-state index contributed by atoms with van der Waals surface area (Å²) in [5.74, 6) is 0.233. The van der Waals surface area contributed by atoms with Crippen molar-refractivity contribution in [1.29, 1.82) is 0 Å². The van der Waals surface area contributed by atoms with Gasteiger partial charge in [-0.3, -0.25) is 14.3 Å². The van der Waals surface area contributed by atoms with Gasteiger partial charge in [-0.15, -0.1) is 0 Å². The predicted molar refractivity (Wildman–Crippen MR) is 116 cm³/mol. The van der Waals surface area contributed by atoms with Crippen LogP contribution in [0.25, 0.3) is 0 Å². The number of nitrogens with zero attached hydrogens (tertiary/aromatic N) is 3. The van der Waals surface area contributed by atoms with Crippen LogP contribution in [-0.4, -0.2) is 43.1 Å². The Morgan fingerprint density at radius 3 is 2.63 bits per heavy atom. The van der Waals surface area contributed by atoms with Gasteiger partial charge < -0.3 is 5.32 Å². The van der Waals surface area contributed by atoms with Crippen LogP contribution >= 0.6 is 0 Å². The van der Waals surface area contributed by atoms with Crippen LogP contribution in [0.5, 0.6) is 0 Å². The number of carbonyl (C=O) groups is 1. The number of urea groups is 1. The SMILES string of the molecule is O=C(NCCS(=O)(=O)N1CCc2ccccc21)Nc1ccn(Cc2ccccc2)n1. The number of fused-ring (bicyclic) bond motifs is 1. The molecule has 0 bridgehead atoms. The van der Waals surface area contributed by atoms with Gasteiger partial charge in [0.2, 0.25) is 10.0 Å². The number of aromatic nitrogens is 2. The molecule has 0 spiro atoms. The molecule has 2 N–H and O–H groups in total. The molecule has 0 radical (unpaired) electrons. The Labute approximate surface area is 175 Å². The Morgan fingerprint density at radius 2 is 1.80 bits per heavy atom. The van der Waals surface area contributed by atoms with Crippen molar-refractivity contribution in [1.82, 2.24) is 15.1 Å². The fourth-order valence-corrected chi connectivity index (χ4v) is 4.88. The van der Waals surface area contributed by atoms with E-state index in [1.54, 1.807) is 16.9 Å². The summed E-state index contributed by atoms with van der Waals surface area (Å²) >= 11 is 0. The number of nitrogens with one attached hydrogen (secondary N) is 2. The highest BCUT2D eigenvalue weighted by atomic mass is 32.2. The molecular weight excluding hydrogens is 402 g/mol. The van der Waals surface area contributed by atoms with Gasteiger partial charge in [0.1, 0.15) is 0 Å². The van der Waals surface area contributed by atoms with Crippen molar-refractivity contribution < 1.29 is 13.2 Å². The Balaban J connectivity index is 1.26. The summed E-state index contributed by atoms with van der Waals surface area (Å²) in [6, 6.07) is 18.6. The molecule has 2 amide bonds. The van der Waals surface area contributed by atoms with Crippen LogP contribution in [0.4, 0.5) is 16.3 Å². The van der Waals surface area contributed by atoms with Gasteiger partial charge in [-0.05, 0) is 23.6 Å². The van der Waals surface area contributed by atoms with E-state index in [-0.39, 0.29) is 12.3 Å². The zero-order valence-electron chi connectivity index (χ0n) is 16.4. The van der Waals surface area contributed by atoms with Crippen molar-refractivity contribution in [3.63, 3.8) is 0 Å². The summed E-state index contributed by atoms with van der Waals surface area (Å²) in [5, 5.41) is 9.53. The Kier molecular flexibility index (Phi) is 5.71. The van der Waals surface area contributed by atoms with Crippen molar-refractivity contribution in [2.75, 3.05) is 28.5 Å². The molecule has 1 aliphatic rings. The molecule has 2 aromatic carbocycles. The van der Waals surface area contributed by atoms with E-state index in [1.165, 1.54) is 4.31 Å². The molecule has 156 valence electrons. The predicted octanol–water partition coefficient (Wildman–Crippen LogP) is 2.45. The van der Waals surface area contributed by atoms with Crippen LogP contribution in [0.2, 0.25) is 0 Å². The van der Waals surface area contributed by atoms with Crippen molar-refractivity contribution in [3.05, 3.63) is 78.0 Å². The van der Waals surface area contributed by atoms with E-state index in [0.29, 0.717) is 25.3 Å². The molecule has 30 heavy (non-hydrogen) atoms. The quantitative estimate of drug-likeness (QED) is 0.608. The molecule has 2 heterocycles. The number of anilines is 2. The lowest BCUT2D eigenvalue weighted by Gasteiger charge is -2.19. The molecule has 3 aromatic rings. The standard InChI is InChI=1S/C21H23N5O3S/c27-21(23-20-11-13-25(24-20)16-17-6-2-1-3-7-17)22-12-15-30(28,29)26-14-10-18-8-4-5-9-19(18)26/h1-9,11,13H,10,12,14-16H2,(H2,22,23,24,27). The second-order valence-electron chi connectivity index (χ2n) is 7.03. The molecule has 4 rings (SSSR count). The van der Waals surface area contributed by atoms with Crippen LogP contribution in [-0.2, 0) is 23.0 Å². The molecule has 0 atom stereocenters. The van der Waals surface area contributed by atoms with Crippen LogP contribution in [0.3, 0.4) is 0 Å². The zero-order chi connectivity index (χ0) is 21.0. The second-order valence-corrected chi connectivity index (χ2v) is 9.04. The van der Waals surface area contributed by atoms with Gasteiger partial charge in [0.15, 0.2) is 5.82 Å². The van der Waals surface area contributed by atoms with Gasteiger partial charge in [-0.25, -0.2) is 13.2 Å². The van der Waals surface area contributed by atoms with Crippen molar-refractivity contribution in [2.45, 2.75) is 13.0 Å². The zero-order valence-corrected chi connectivity index (χ0v) is 17.2. The molecule has 9 heteroatoms. The number of hydrogen-bond acceptors (Lipinski definition) is 4. The van der Waals surface area contributed by atoms with E-state index in [0.717, 1.165) is 16.8 Å². The lowest BCUT2D eigenvalue weighted by atomic mass is 10.2. The summed E-state index contributed by atoms with van der Waals surface area (Å²) in [7, 11) is -3.50. The minimum Gasteiger partial charge on any atom is -0.337 e. The Bertz CT molecular complexity index is 1130. The summed E-state index contributed by atoms with van der Waals surface area (Å²) < 4.78 is 28.4. The molecule has 0 unspecified atom stereocenters. The van der Waals surface area contributed by atoms with Gasteiger partial charge in [0.05, 0.1) is 18.0 Å². The van der Waals surface area contributed by atoms with Crippen LogP contribution in [0.15, 0.2) is 66.9 Å². The van der Waals surface area contributed by atoms with Crippen LogP contribution < -0.4 is 14.9 Å². The average Bonchev–Trinajstić information content (AvgIpc) is 3.36. The summed E-state index contributed by atoms with van der Waals surface area (Å²) in [6.07, 6.45) is 2.48. The smallest absolute Gasteiger partial charge is 0.320 e.